The van der Waals surface area contributed by atoms with Crippen molar-refractivity contribution in [1.82, 2.24) is 9.88 Å². The number of hydrogen-bond acceptors (Lipinski definition) is 3. The summed E-state index contributed by atoms with van der Waals surface area (Å²) in [7, 11) is 0. The second kappa shape index (κ2) is 6.71. The van der Waals surface area contributed by atoms with E-state index in [1.54, 1.807) is 0 Å². The highest BCUT2D eigenvalue weighted by Gasteiger charge is 2.35. The van der Waals surface area contributed by atoms with Gasteiger partial charge < -0.3 is 5.32 Å². The van der Waals surface area contributed by atoms with Crippen LogP contribution in [0.5, 0.6) is 0 Å². The monoisotopic (exact) mass is 307 g/mol. The van der Waals surface area contributed by atoms with Crippen LogP contribution in [0.3, 0.4) is 0 Å². The summed E-state index contributed by atoms with van der Waals surface area (Å²) in [6.07, 6.45) is 8.74. The minimum Gasteiger partial charge on any atom is -0.379 e. The molecular weight excluding hydrogens is 282 g/mol. The molecule has 2 fully saturated rings. The minimum atomic E-state index is 0.644. The average molecular weight is 307 g/mol. The maximum atomic E-state index is 4.35. The van der Waals surface area contributed by atoms with Gasteiger partial charge in [-0.25, -0.2) is 0 Å². The summed E-state index contributed by atoms with van der Waals surface area (Å²) in [5, 5.41) is 3.46. The molecule has 2 aliphatic heterocycles. The SMILES string of the molecule is c1ccc(CNc2ccc([C@H]3CC[C@H]4CCCCN43)cc2)nc1. The summed E-state index contributed by atoms with van der Waals surface area (Å²) in [4.78, 5) is 7.10. The van der Waals surface area contributed by atoms with E-state index in [0.29, 0.717) is 6.04 Å². The predicted octanol–water partition coefficient (Wildman–Crippen LogP) is 4.38. The second-order valence-electron chi connectivity index (χ2n) is 6.78. The maximum absolute atomic E-state index is 4.35. The van der Waals surface area contributed by atoms with E-state index in [4.69, 9.17) is 0 Å². The van der Waals surface area contributed by atoms with Crippen LogP contribution in [0.25, 0.3) is 0 Å². The third-order valence-corrected chi connectivity index (χ3v) is 5.34. The zero-order valence-electron chi connectivity index (χ0n) is 13.6. The Bertz CT molecular complexity index is 623. The van der Waals surface area contributed by atoms with Crippen molar-refractivity contribution in [3.8, 4) is 0 Å². The van der Waals surface area contributed by atoms with Gasteiger partial charge in [0.2, 0.25) is 0 Å². The summed E-state index contributed by atoms with van der Waals surface area (Å²) < 4.78 is 0. The molecule has 2 aliphatic rings. The standard InChI is InChI=1S/C20H25N3/c1-3-13-21-18(5-1)15-22-17-9-7-16(8-10-17)20-12-11-19-6-2-4-14-23(19)20/h1,3,5,7-10,13,19-20,22H,2,4,6,11-12,14-15H2/t19-,20-/m1/s1. The molecule has 0 aliphatic carbocycles. The Hall–Kier alpha value is -1.87. The number of aromatic nitrogens is 1. The van der Waals surface area contributed by atoms with Gasteiger partial charge in [0.15, 0.2) is 0 Å². The molecule has 3 nitrogen and oxygen atoms in total. The number of nitrogens with zero attached hydrogens (tertiary/aromatic N) is 2. The van der Waals surface area contributed by atoms with Crippen LogP contribution in [-0.4, -0.2) is 22.5 Å². The van der Waals surface area contributed by atoms with Crippen molar-refractivity contribution in [3.63, 3.8) is 0 Å². The van der Waals surface area contributed by atoms with Gasteiger partial charge in [-0.3, -0.25) is 9.88 Å². The lowest BCUT2D eigenvalue weighted by Gasteiger charge is -2.34. The predicted molar refractivity (Wildman–Crippen MR) is 94.3 cm³/mol. The van der Waals surface area contributed by atoms with Crippen LogP contribution in [0.15, 0.2) is 48.7 Å². The van der Waals surface area contributed by atoms with Crippen molar-refractivity contribution >= 4 is 5.69 Å². The molecule has 23 heavy (non-hydrogen) atoms. The Balaban J connectivity index is 1.40. The summed E-state index contributed by atoms with van der Waals surface area (Å²) in [6, 6.07) is 16.6. The Kier molecular flexibility index (Phi) is 4.29. The van der Waals surface area contributed by atoms with E-state index in [2.05, 4.69) is 45.5 Å². The summed E-state index contributed by atoms with van der Waals surface area (Å²) in [6.45, 7) is 2.06. The molecule has 4 rings (SSSR count). The molecule has 1 aromatic carbocycles. The number of rotatable bonds is 4. The Morgan fingerprint density at radius 1 is 1.00 bits per heavy atom. The van der Waals surface area contributed by atoms with Crippen LogP contribution in [0.1, 0.15) is 49.4 Å². The summed E-state index contributed by atoms with van der Waals surface area (Å²) >= 11 is 0. The number of fused-ring (bicyclic) bond motifs is 1. The zero-order chi connectivity index (χ0) is 15.5. The van der Waals surface area contributed by atoms with Gasteiger partial charge >= 0.3 is 0 Å². The third-order valence-electron chi connectivity index (χ3n) is 5.34. The fraction of sp³-hybridized carbons (Fsp3) is 0.450. The highest BCUT2D eigenvalue weighted by molar-refractivity contribution is 5.45. The zero-order valence-corrected chi connectivity index (χ0v) is 13.6. The van der Waals surface area contributed by atoms with Gasteiger partial charge in [-0.2, -0.15) is 0 Å². The number of benzene rings is 1. The fourth-order valence-electron chi connectivity index (χ4n) is 4.14. The Morgan fingerprint density at radius 2 is 1.91 bits per heavy atom. The van der Waals surface area contributed by atoms with E-state index in [9.17, 15) is 0 Å². The first kappa shape index (κ1) is 14.7. The van der Waals surface area contributed by atoms with E-state index in [1.165, 1.54) is 49.9 Å². The molecule has 3 heteroatoms. The highest BCUT2D eigenvalue weighted by atomic mass is 15.2. The van der Waals surface area contributed by atoms with Crippen molar-refractivity contribution in [2.75, 3.05) is 11.9 Å². The minimum absolute atomic E-state index is 0.644. The van der Waals surface area contributed by atoms with Gasteiger partial charge in [0.1, 0.15) is 0 Å². The van der Waals surface area contributed by atoms with E-state index in [1.807, 2.05) is 18.3 Å². The molecule has 2 atom stereocenters. The van der Waals surface area contributed by atoms with Crippen molar-refractivity contribution < 1.29 is 0 Å². The third kappa shape index (κ3) is 3.25. The molecule has 2 saturated heterocycles. The number of hydrogen-bond donors (Lipinski definition) is 1. The first-order valence-corrected chi connectivity index (χ1v) is 8.90. The number of anilines is 1. The molecule has 0 amide bonds. The fourth-order valence-corrected chi connectivity index (χ4v) is 4.14. The van der Waals surface area contributed by atoms with Crippen LogP contribution in [0, 0.1) is 0 Å². The van der Waals surface area contributed by atoms with Gasteiger partial charge in [0, 0.05) is 24.0 Å². The van der Waals surface area contributed by atoms with E-state index >= 15 is 0 Å². The first-order valence-electron chi connectivity index (χ1n) is 8.90. The van der Waals surface area contributed by atoms with E-state index < -0.39 is 0 Å². The number of piperidine rings is 1. The van der Waals surface area contributed by atoms with Crippen molar-refractivity contribution in [2.45, 2.75) is 50.7 Å². The molecule has 0 unspecified atom stereocenters. The Labute approximate surface area is 138 Å². The smallest absolute Gasteiger partial charge is 0.0594 e. The quantitative estimate of drug-likeness (QED) is 0.908. The molecule has 0 spiro atoms. The van der Waals surface area contributed by atoms with Crippen LogP contribution in [-0.2, 0) is 6.54 Å². The van der Waals surface area contributed by atoms with Crippen molar-refractivity contribution in [2.24, 2.45) is 0 Å². The summed E-state index contributed by atoms with van der Waals surface area (Å²) in [5.41, 5.74) is 3.73. The Morgan fingerprint density at radius 3 is 2.74 bits per heavy atom. The van der Waals surface area contributed by atoms with E-state index in [-0.39, 0.29) is 0 Å². The largest absolute Gasteiger partial charge is 0.379 e. The van der Waals surface area contributed by atoms with Gasteiger partial charge in [0.05, 0.1) is 12.2 Å². The summed E-state index contributed by atoms with van der Waals surface area (Å²) in [5.74, 6) is 0. The molecule has 120 valence electrons. The van der Waals surface area contributed by atoms with Gasteiger partial charge in [0.25, 0.3) is 0 Å². The molecular formula is C20H25N3. The second-order valence-corrected chi connectivity index (χ2v) is 6.78. The van der Waals surface area contributed by atoms with Crippen LogP contribution < -0.4 is 5.32 Å². The molecule has 2 aromatic rings. The van der Waals surface area contributed by atoms with E-state index in [0.717, 1.165) is 18.3 Å². The van der Waals surface area contributed by atoms with Gasteiger partial charge in [-0.1, -0.05) is 24.6 Å². The maximum Gasteiger partial charge on any atom is 0.0594 e. The first-order chi connectivity index (χ1) is 11.4. The number of nitrogens with one attached hydrogen (secondary N) is 1. The molecule has 1 aromatic heterocycles. The van der Waals surface area contributed by atoms with Gasteiger partial charge in [-0.15, -0.1) is 0 Å². The molecule has 0 bridgehead atoms. The molecule has 0 radical (unpaired) electrons. The highest BCUT2D eigenvalue weighted by Crippen LogP contribution is 2.40. The van der Waals surface area contributed by atoms with Gasteiger partial charge in [-0.05, 0) is 62.1 Å². The molecule has 3 heterocycles. The lowest BCUT2D eigenvalue weighted by Crippen LogP contribution is -2.35. The van der Waals surface area contributed by atoms with Crippen molar-refractivity contribution in [3.05, 3.63) is 59.9 Å². The van der Waals surface area contributed by atoms with Crippen molar-refractivity contribution in [1.29, 1.82) is 0 Å². The lowest BCUT2D eigenvalue weighted by atomic mass is 10.0. The average Bonchev–Trinajstić information content (AvgIpc) is 3.05. The van der Waals surface area contributed by atoms with Crippen LogP contribution in [0.4, 0.5) is 5.69 Å². The van der Waals surface area contributed by atoms with Crippen LogP contribution in [0.2, 0.25) is 0 Å². The topological polar surface area (TPSA) is 28.2 Å². The molecule has 0 saturated carbocycles. The lowest BCUT2D eigenvalue weighted by molar-refractivity contribution is 0.150. The number of pyridine rings is 1. The molecule has 1 N–H and O–H groups in total. The van der Waals surface area contributed by atoms with Crippen LogP contribution >= 0.6 is 0 Å². The normalized spacial score (nSPS) is 24.3.